The highest BCUT2D eigenvalue weighted by atomic mass is 79.9. The number of rotatable bonds is 4. The molecule has 0 aromatic heterocycles. The van der Waals surface area contributed by atoms with Crippen LogP contribution in [-0.2, 0) is 14.3 Å². The zero-order valence-corrected chi connectivity index (χ0v) is 14.1. The fourth-order valence-corrected chi connectivity index (χ4v) is 3.35. The predicted octanol–water partition coefficient (Wildman–Crippen LogP) is 2.62. The number of hydrogen-bond acceptors (Lipinski definition) is 4. The van der Waals surface area contributed by atoms with Gasteiger partial charge in [0, 0.05) is 49.1 Å². The molecule has 3 rings (SSSR count). The van der Waals surface area contributed by atoms with Crippen molar-refractivity contribution in [3.8, 4) is 0 Å². The minimum atomic E-state index is -0.411. The van der Waals surface area contributed by atoms with Gasteiger partial charge in [-0.25, -0.2) is 0 Å². The van der Waals surface area contributed by atoms with Gasteiger partial charge >= 0.3 is 0 Å². The molecule has 0 radical (unpaired) electrons. The van der Waals surface area contributed by atoms with Crippen LogP contribution < -0.4 is 5.32 Å². The molecule has 1 aromatic carbocycles. The van der Waals surface area contributed by atoms with Crippen molar-refractivity contribution in [3.63, 3.8) is 0 Å². The van der Waals surface area contributed by atoms with E-state index in [0.717, 1.165) is 36.1 Å². The van der Waals surface area contributed by atoms with Crippen molar-refractivity contribution in [2.24, 2.45) is 0 Å². The Kier molecular flexibility index (Phi) is 5.00. The molecular weight excluding hydrogens is 348 g/mol. The Morgan fingerprint density at radius 2 is 2.00 bits per heavy atom. The van der Waals surface area contributed by atoms with Crippen LogP contribution in [0.1, 0.15) is 19.3 Å². The summed E-state index contributed by atoms with van der Waals surface area (Å²) in [6.07, 6.45) is 2.05. The SMILES string of the molecule is O=C(CCNc1cccc(Br)c1)N1CCC2(CC1)OCCO2. The Hall–Kier alpha value is -1.11. The predicted molar refractivity (Wildman–Crippen MR) is 87.7 cm³/mol. The summed E-state index contributed by atoms with van der Waals surface area (Å²) in [4.78, 5) is 14.2. The maximum absolute atomic E-state index is 12.3. The smallest absolute Gasteiger partial charge is 0.224 e. The first kappa shape index (κ1) is 15.8. The Balaban J connectivity index is 1.41. The molecule has 5 nitrogen and oxygen atoms in total. The van der Waals surface area contributed by atoms with Gasteiger partial charge in [-0.15, -0.1) is 0 Å². The van der Waals surface area contributed by atoms with E-state index in [-0.39, 0.29) is 5.91 Å². The van der Waals surface area contributed by atoms with Crippen molar-refractivity contribution < 1.29 is 14.3 Å². The van der Waals surface area contributed by atoms with Gasteiger partial charge in [0.25, 0.3) is 0 Å². The second-order valence-corrected chi connectivity index (χ2v) is 6.59. The highest BCUT2D eigenvalue weighted by Crippen LogP contribution is 2.31. The van der Waals surface area contributed by atoms with Crippen LogP contribution in [0.2, 0.25) is 0 Å². The highest BCUT2D eigenvalue weighted by molar-refractivity contribution is 9.10. The molecule has 2 fully saturated rings. The average Bonchev–Trinajstić information content (AvgIpc) is 2.96. The second kappa shape index (κ2) is 6.98. The maximum Gasteiger partial charge on any atom is 0.224 e. The van der Waals surface area contributed by atoms with Gasteiger partial charge in [-0.1, -0.05) is 22.0 Å². The van der Waals surface area contributed by atoms with Crippen LogP contribution in [0.5, 0.6) is 0 Å². The van der Waals surface area contributed by atoms with Crippen LogP contribution in [0, 0.1) is 0 Å². The summed E-state index contributed by atoms with van der Waals surface area (Å²) in [5, 5.41) is 3.28. The highest BCUT2D eigenvalue weighted by Gasteiger charge is 2.40. The Morgan fingerprint density at radius 1 is 1.27 bits per heavy atom. The number of piperidine rings is 1. The van der Waals surface area contributed by atoms with Crippen molar-refractivity contribution in [1.29, 1.82) is 0 Å². The number of carbonyl (C=O) groups is 1. The van der Waals surface area contributed by atoms with Crippen molar-refractivity contribution in [3.05, 3.63) is 28.7 Å². The van der Waals surface area contributed by atoms with Crippen LogP contribution in [0.4, 0.5) is 5.69 Å². The zero-order valence-electron chi connectivity index (χ0n) is 12.5. The molecule has 0 bridgehead atoms. The van der Waals surface area contributed by atoms with E-state index in [9.17, 15) is 4.79 Å². The van der Waals surface area contributed by atoms with Gasteiger partial charge < -0.3 is 19.7 Å². The van der Waals surface area contributed by atoms with E-state index in [2.05, 4.69) is 21.2 Å². The number of anilines is 1. The molecule has 0 atom stereocenters. The lowest BCUT2D eigenvalue weighted by atomic mass is 10.0. The van der Waals surface area contributed by atoms with Crippen molar-refractivity contribution in [1.82, 2.24) is 4.90 Å². The lowest BCUT2D eigenvalue weighted by Crippen LogP contribution is -2.47. The van der Waals surface area contributed by atoms with E-state index < -0.39 is 5.79 Å². The molecular formula is C16H21BrN2O3. The van der Waals surface area contributed by atoms with Crippen molar-refractivity contribution >= 4 is 27.5 Å². The Bertz CT molecular complexity index is 522. The summed E-state index contributed by atoms with van der Waals surface area (Å²) < 4.78 is 12.4. The van der Waals surface area contributed by atoms with Crippen LogP contribution in [0.15, 0.2) is 28.7 Å². The number of benzene rings is 1. The molecule has 1 aromatic rings. The second-order valence-electron chi connectivity index (χ2n) is 5.68. The fourth-order valence-electron chi connectivity index (χ4n) is 2.95. The molecule has 2 heterocycles. The van der Waals surface area contributed by atoms with Gasteiger partial charge in [0.2, 0.25) is 5.91 Å². The number of halogens is 1. The molecule has 6 heteroatoms. The first-order valence-electron chi connectivity index (χ1n) is 7.72. The van der Waals surface area contributed by atoms with E-state index >= 15 is 0 Å². The molecule has 1 amide bonds. The van der Waals surface area contributed by atoms with Crippen molar-refractivity contribution in [2.75, 3.05) is 38.2 Å². The van der Waals surface area contributed by atoms with E-state index in [1.807, 2.05) is 29.2 Å². The molecule has 0 aliphatic carbocycles. The van der Waals surface area contributed by atoms with Gasteiger partial charge in [-0.3, -0.25) is 4.79 Å². The van der Waals surface area contributed by atoms with Gasteiger partial charge in [0.1, 0.15) is 0 Å². The van der Waals surface area contributed by atoms with E-state index in [1.165, 1.54) is 0 Å². The summed E-state index contributed by atoms with van der Waals surface area (Å²) >= 11 is 3.44. The quantitative estimate of drug-likeness (QED) is 0.887. The number of carbonyl (C=O) groups excluding carboxylic acids is 1. The third-order valence-electron chi connectivity index (χ3n) is 4.18. The number of amides is 1. The largest absolute Gasteiger partial charge is 0.384 e. The van der Waals surface area contributed by atoms with Crippen LogP contribution >= 0.6 is 15.9 Å². The Labute approximate surface area is 139 Å². The number of ether oxygens (including phenoxy) is 2. The molecule has 0 saturated carbocycles. The third kappa shape index (κ3) is 3.80. The van der Waals surface area contributed by atoms with Gasteiger partial charge in [0.05, 0.1) is 13.2 Å². The van der Waals surface area contributed by atoms with Crippen LogP contribution in [0.3, 0.4) is 0 Å². The maximum atomic E-state index is 12.3. The normalized spacial score (nSPS) is 20.3. The zero-order chi connectivity index (χ0) is 15.4. The summed E-state index contributed by atoms with van der Waals surface area (Å²) in [7, 11) is 0. The number of hydrogen-bond donors (Lipinski definition) is 1. The standard InChI is InChI=1S/C16H21BrN2O3/c17-13-2-1-3-14(12-13)18-7-4-15(20)19-8-5-16(6-9-19)21-10-11-22-16/h1-3,12,18H,4-11H2. The summed E-state index contributed by atoms with van der Waals surface area (Å²) in [6.45, 7) is 3.42. The van der Waals surface area contributed by atoms with Gasteiger partial charge in [-0.2, -0.15) is 0 Å². The summed E-state index contributed by atoms with van der Waals surface area (Å²) in [6, 6.07) is 7.95. The minimum Gasteiger partial charge on any atom is -0.384 e. The molecule has 2 aliphatic heterocycles. The first-order valence-corrected chi connectivity index (χ1v) is 8.51. The topological polar surface area (TPSA) is 50.8 Å². The molecule has 1 N–H and O–H groups in total. The average molecular weight is 369 g/mol. The lowest BCUT2D eigenvalue weighted by Gasteiger charge is -2.37. The van der Waals surface area contributed by atoms with Gasteiger partial charge in [0.15, 0.2) is 5.79 Å². The number of nitrogens with zero attached hydrogens (tertiary/aromatic N) is 1. The van der Waals surface area contributed by atoms with Crippen LogP contribution in [0.25, 0.3) is 0 Å². The summed E-state index contributed by atoms with van der Waals surface area (Å²) in [5.74, 6) is -0.221. The van der Waals surface area contributed by atoms with E-state index in [4.69, 9.17) is 9.47 Å². The monoisotopic (exact) mass is 368 g/mol. The number of likely N-dealkylation sites (tertiary alicyclic amines) is 1. The molecule has 22 heavy (non-hydrogen) atoms. The summed E-state index contributed by atoms with van der Waals surface area (Å²) in [5.41, 5.74) is 1.02. The minimum absolute atomic E-state index is 0.190. The molecule has 120 valence electrons. The number of nitrogens with one attached hydrogen (secondary N) is 1. The molecule has 1 spiro atoms. The van der Waals surface area contributed by atoms with E-state index in [0.29, 0.717) is 26.2 Å². The van der Waals surface area contributed by atoms with Crippen LogP contribution in [-0.4, -0.2) is 49.4 Å². The lowest BCUT2D eigenvalue weighted by molar-refractivity contribution is -0.187. The van der Waals surface area contributed by atoms with Gasteiger partial charge in [-0.05, 0) is 18.2 Å². The van der Waals surface area contributed by atoms with Crippen molar-refractivity contribution in [2.45, 2.75) is 25.0 Å². The third-order valence-corrected chi connectivity index (χ3v) is 4.68. The molecule has 2 aliphatic rings. The molecule has 0 unspecified atom stereocenters. The Morgan fingerprint density at radius 3 is 2.68 bits per heavy atom. The molecule has 2 saturated heterocycles. The fraction of sp³-hybridized carbons (Fsp3) is 0.562. The first-order chi connectivity index (χ1) is 10.7. The van der Waals surface area contributed by atoms with E-state index in [1.54, 1.807) is 0 Å².